The van der Waals surface area contributed by atoms with E-state index in [2.05, 4.69) is 25.0 Å². The molecule has 10 heteroatoms. The molecule has 1 aromatic carbocycles. The van der Waals surface area contributed by atoms with Gasteiger partial charge < -0.3 is 10.1 Å². The summed E-state index contributed by atoms with van der Waals surface area (Å²) in [4.78, 5) is 26.0. The normalized spacial score (nSPS) is 15.1. The summed E-state index contributed by atoms with van der Waals surface area (Å²) < 4.78 is 20.4. The Labute approximate surface area is 193 Å². The Morgan fingerprint density at radius 3 is 2.69 bits per heavy atom. The summed E-state index contributed by atoms with van der Waals surface area (Å²) >= 11 is 1.38. The molecule has 2 unspecified atom stereocenters. The first-order valence-corrected chi connectivity index (χ1v) is 12.7. The monoisotopic (exact) mass is 471 g/mol. The number of aromatic nitrogens is 3. The smallest absolute Gasteiger partial charge is 0.233 e. The number of carbonyl (C=O) groups is 1. The van der Waals surface area contributed by atoms with E-state index < -0.39 is 11.0 Å². The van der Waals surface area contributed by atoms with Crippen LogP contribution in [-0.4, -0.2) is 36.9 Å². The van der Waals surface area contributed by atoms with E-state index in [1.807, 2.05) is 43.5 Å². The Hall–Kier alpha value is -2.85. The number of hydrogen-bond donors (Lipinski definition) is 2. The molecule has 1 amide bonds. The van der Waals surface area contributed by atoms with Gasteiger partial charge in [0.1, 0.15) is 11.0 Å². The van der Waals surface area contributed by atoms with E-state index in [0.717, 1.165) is 18.4 Å². The number of nitrogens with zero attached hydrogens (tertiary/aromatic N) is 3. The van der Waals surface area contributed by atoms with Gasteiger partial charge in [0.2, 0.25) is 11.8 Å². The molecule has 2 aromatic heterocycles. The molecule has 0 bridgehead atoms. The molecule has 0 saturated heterocycles. The van der Waals surface area contributed by atoms with E-state index in [9.17, 15) is 9.00 Å². The van der Waals surface area contributed by atoms with Crippen LogP contribution < -0.4 is 14.8 Å². The fraction of sp³-hybridized carbons (Fsp3) is 0.364. The van der Waals surface area contributed by atoms with Crippen molar-refractivity contribution in [3.05, 3.63) is 47.7 Å². The first-order chi connectivity index (χ1) is 15.6. The van der Waals surface area contributed by atoms with Crippen LogP contribution in [0, 0.1) is 0 Å². The van der Waals surface area contributed by atoms with Gasteiger partial charge in [0.05, 0.1) is 41.6 Å². The highest BCUT2D eigenvalue weighted by Crippen LogP contribution is 2.30. The van der Waals surface area contributed by atoms with Gasteiger partial charge in [-0.2, -0.15) is 0 Å². The molecule has 4 rings (SSSR count). The molecular weight excluding hydrogens is 446 g/mol. The van der Waals surface area contributed by atoms with Crippen LogP contribution in [0.4, 0.5) is 10.8 Å². The number of anilines is 2. The van der Waals surface area contributed by atoms with Gasteiger partial charge in [-0.15, -0.1) is 11.3 Å². The first-order valence-electron chi connectivity index (χ1n) is 10.6. The van der Waals surface area contributed by atoms with Crippen molar-refractivity contribution in [2.75, 3.05) is 16.6 Å². The number of hydrogen-bond acceptors (Lipinski definition) is 7. The second kappa shape index (κ2) is 10.2. The van der Waals surface area contributed by atoms with Crippen molar-refractivity contribution in [1.82, 2.24) is 15.0 Å². The molecule has 1 aliphatic carbocycles. The van der Waals surface area contributed by atoms with E-state index >= 15 is 0 Å². The third kappa shape index (κ3) is 5.49. The fourth-order valence-electron chi connectivity index (χ4n) is 3.13. The van der Waals surface area contributed by atoms with Crippen LogP contribution in [0.2, 0.25) is 0 Å². The average molecular weight is 472 g/mol. The highest BCUT2D eigenvalue weighted by atomic mass is 32.2. The van der Waals surface area contributed by atoms with Gasteiger partial charge in [0.15, 0.2) is 5.13 Å². The van der Waals surface area contributed by atoms with E-state index in [4.69, 9.17) is 4.74 Å². The average Bonchev–Trinajstić information content (AvgIpc) is 3.56. The number of benzene rings is 1. The Morgan fingerprint density at radius 1 is 1.22 bits per heavy atom. The van der Waals surface area contributed by atoms with E-state index in [1.165, 1.54) is 11.3 Å². The van der Waals surface area contributed by atoms with Crippen molar-refractivity contribution >= 4 is 39.0 Å². The fourth-order valence-corrected chi connectivity index (χ4v) is 5.13. The molecule has 0 aliphatic heterocycles. The second-order valence-corrected chi connectivity index (χ2v) is 9.70. The van der Waals surface area contributed by atoms with Crippen LogP contribution in [0.5, 0.6) is 5.88 Å². The molecule has 0 radical (unpaired) electrons. The molecule has 3 aromatic rings. The zero-order valence-electron chi connectivity index (χ0n) is 17.9. The quantitative estimate of drug-likeness (QED) is 0.455. The summed E-state index contributed by atoms with van der Waals surface area (Å²) in [5, 5.41) is 5.64. The van der Waals surface area contributed by atoms with Gasteiger partial charge in [-0.1, -0.05) is 19.1 Å². The van der Waals surface area contributed by atoms with Crippen LogP contribution in [0.15, 0.2) is 42.0 Å². The van der Waals surface area contributed by atoms with Crippen LogP contribution >= 0.6 is 11.3 Å². The van der Waals surface area contributed by atoms with Crippen molar-refractivity contribution < 1.29 is 13.7 Å². The van der Waals surface area contributed by atoms with E-state index in [-0.39, 0.29) is 17.1 Å². The van der Waals surface area contributed by atoms with E-state index in [0.29, 0.717) is 41.1 Å². The standard InChI is InChI=1S/C22H25N5O3S2/c1-3-17(19-13-31-22(26-19)27-32(29)16-9-10-16)21(28)24-15-7-5-14(6-8-15)18-11-23-12-20(25-18)30-4-2/h5-8,11-13,16-17H,3-4,9-10H2,1-2H3,(H,24,28)(H,26,27). The minimum absolute atomic E-state index is 0.126. The summed E-state index contributed by atoms with van der Waals surface area (Å²) in [6, 6.07) is 7.44. The molecule has 1 aliphatic rings. The lowest BCUT2D eigenvalue weighted by Crippen LogP contribution is -2.21. The SMILES string of the molecule is CCOc1cncc(-c2ccc(NC(=O)C(CC)c3csc(NS(=O)C4CC4)n3)cc2)n1. The Morgan fingerprint density at radius 2 is 2.00 bits per heavy atom. The number of carbonyl (C=O) groups excluding carboxylic acids is 1. The van der Waals surface area contributed by atoms with Gasteiger partial charge in [-0.3, -0.25) is 14.5 Å². The summed E-state index contributed by atoms with van der Waals surface area (Å²) in [5.41, 5.74) is 2.95. The van der Waals surface area contributed by atoms with Crippen molar-refractivity contribution in [2.24, 2.45) is 0 Å². The Bertz CT molecular complexity index is 1100. The van der Waals surface area contributed by atoms with Crippen molar-refractivity contribution in [3.63, 3.8) is 0 Å². The maximum Gasteiger partial charge on any atom is 0.233 e. The molecule has 1 fully saturated rings. The summed E-state index contributed by atoms with van der Waals surface area (Å²) in [6.45, 7) is 4.37. The van der Waals surface area contributed by atoms with Crippen molar-refractivity contribution in [3.8, 4) is 17.1 Å². The van der Waals surface area contributed by atoms with Gasteiger partial charge in [-0.05, 0) is 38.3 Å². The third-order valence-electron chi connectivity index (χ3n) is 4.97. The largest absolute Gasteiger partial charge is 0.477 e. The maximum atomic E-state index is 12.9. The minimum atomic E-state index is -1.10. The molecular formula is C22H25N5O3S2. The predicted molar refractivity (Wildman–Crippen MR) is 127 cm³/mol. The molecule has 0 spiro atoms. The summed E-state index contributed by atoms with van der Waals surface area (Å²) in [7, 11) is -1.10. The number of ether oxygens (including phenoxy) is 1. The number of rotatable bonds is 10. The zero-order valence-corrected chi connectivity index (χ0v) is 19.5. The number of nitrogens with one attached hydrogen (secondary N) is 2. The number of amides is 1. The lowest BCUT2D eigenvalue weighted by molar-refractivity contribution is -0.117. The van der Waals surface area contributed by atoms with Gasteiger partial charge >= 0.3 is 0 Å². The van der Waals surface area contributed by atoms with Crippen LogP contribution in [-0.2, 0) is 15.8 Å². The molecule has 2 heterocycles. The van der Waals surface area contributed by atoms with Crippen LogP contribution in [0.25, 0.3) is 11.3 Å². The van der Waals surface area contributed by atoms with Gasteiger partial charge in [-0.25, -0.2) is 14.2 Å². The predicted octanol–water partition coefficient (Wildman–Crippen LogP) is 4.37. The zero-order chi connectivity index (χ0) is 22.5. The van der Waals surface area contributed by atoms with Gasteiger partial charge in [0.25, 0.3) is 0 Å². The highest BCUT2D eigenvalue weighted by Gasteiger charge is 2.29. The topological polar surface area (TPSA) is 106 Å². The van der Waals surface area contributed by atoms with Crippen LogP contribution in [0.1, 0.15) is 44.7 Å². The van der Waals surface area contributed by atoms with Crippen molar-refractivity contribution in [1.29, 1.82) is 0 Å². The van der Waals surface area contributed by atoms with E-state index in [1.54, 1.807) is 12.4 Å². The lowest BCUT2D eigenvalue weighted by atomic mass is 10.0. The molecule has 2 atom stereocenters. The van der Waals surface area contributed by atoms with Gasteiger partial charge in [0, 0.05) is 16.6 Å². The molecule has 1 saturated carbocycles. The lowest BCUT2D eigenvalue weighted by Gasteiger charge is -2.13. The highest BCUT2D eigenvalue weighted by molar-refractivity contribution is 7.87. The molecule has 168 valence electrons. The summed E-state index contributed by atoms with van der Waals surface area (Å²) in [5.74, 6) is -0.0330. The summed E-state index contributed by atoms with van der Waals surface area (Å²) in [6.07, 6.45) is 5.84. The maximum absolute atomic E-state index is 12.9. The van der Waals surface area contributed by atoms with Crippen LogP contribution in [0.3, 0.4) is 0 Å². The first kappa shape index (κ1) is 22.3. The molecule has 32 heavy (non-hydrogen) atoms. The third-order valence-corrected chi connectivity index (χ3v) is 7.35. The Balaban J connectivity index is 1.40. The second-order valence-electron chi connectivity index (χ2n) is 7.38. The minimum Gasteiger partial charge on any atom is -0.477 e. The Kier molecular flexibility index (Phi) is 7.11. The molecule has 8 nitrogen and oxygen atoms in total. The number of thiazole rings is 1. The molecule has 2 N–H and O–H groups in total. The van der Waals surface area contributed by atoms with Crippen molar-refractivity contribution in [2.45, 2.75) is 44.3 Å².